The number of carbonyl (C=O) groups is 1. The number of hydrogen-bond donors (Lipinski definition) is 0. The first-order valence-corrected chi connectivity index (χ1v) is 10.3. The predicted molar refractivity (Wildman–Crippen MR) is 103 cm³/mol. The third kappa shape index (κ3) is 4.22. The van der Waals surface area contributed by atoms with Crippen molar-refractivity contribution in [1.29, 1.82) is 5.26 Å². The fourth-order valence-corrected chi connectivity index (χ4v) is 4.79. The van der Waals surface area contributed by atoms with Gasteiger partial charge >= 0.3 is 5.97 Å². The number of benzene rings is 2. The minimum atomic E-state index is -3.70. The Morgan fingerprint density at radius 1 is 1.11 bits per heavy atom. The van der Waals surface area contributed by atoms with E-state index in [0.717, 1.165) is 5.56 Å². The number of nitriles is 1. The van der Waals surface area contributed by atoms with Gasteiger partial charge in [-0.05, 0) is 29.8 Å². The van der Waals surface area contributed by atoms with Crippen molar-refractivity contribution >= 4 is 16.0 Å². The molecule has 0 saturated carbocycles. The van der Waals surface area contributed by atoms with Crippen LogP contribution < -0.4 is 0 Å². The first kappa shape index (κ1) is 20.0. The molecule has 0 bridgehead atoms. The van der Waals surface area contributed by atoms with Crippen molar-refractivity contribution in [3.63, 3.8) is 0 Å². The highest BCUT2D eigenvalue weighted by atomic mass is 32.2. The average Bonchev–Trinajstić information content (AvgIpc) is 2.73. The smallest absolute Gasteiger partial charge is 0.337 e. The molecule has 0 atom stereocenters. The van der Waals surface area contributed by atoms with Gasteiger partial charge in [-0.2, -0.15) is 9.57 Å². The van der Waals surface area contributed by atoms with Crippen LogP contribution in [-0.2, 0) is 21.3 Å². The molecule has 1 fully saturated rings. The molecule has 0 N–H and O–H groups in total. The summed E-state index contributed by atoms with van der Waals surface area (Å²) in [5, 5.41) is 9.19. The van der Waals surface area contributed by atoms with E-state index in [1.807, 2.05) is 12.1 Å². The summed E-state index contributed by atoms with van der Waals surface area (Å²) in [4.78, 5) is 13.9. The van der Waals surface area contributed by atoms with Gasteiger partial charge < -0.3 is 4.74 Å². The van der Waals surface area contributed by atoms with Gasteiger partial charge in [-0.1, -0.05) is 24.3 Å². The van der Waals surface area contributed by atoms with Gasteiger partial charge in [0.25, 0.3) is 0 Å². The van der Waals surface area contributed by atoms with Gasteiger partial charge in [-0.15, -0.1) is 0 Å². The van der Waals surface area contributed by atoms with Crippen molar-refractivity contribution in [3.8, 4) is 6.07 Å². The number of hydrogen-bond acceptors (Lipinski definition) is 6. The van der Waals surface area contributed by atoms with Gasteiger partial charge in [-0.25, -0.2) is 13.2 Å². The number of nitrogens with zero attached hydrogens (tertiary/aromatic N) is 3. The van der Waals surface area contributed by atoms with Crippen LogP contribution in [0.4, 0.5) is 0 Å². The third-order valence-electron chi connectivity index (χ3n) is 4.71. The van der Waals surface area contributed by atoms with E-state index in [0.29, 0.717) is 38.3 Å². The predicted octanol–water partition coefficient (Wildman–Crippen LogP) is 1.85. The van der Waals surface area contributed by atoms with E-state index in [1.54, 1.807) is 30.3 Å². The van der Waals surface area contributed by atoms with E-state index in [1.165, 1.54) is 23.5 Å². The van der Waals surface area contributed by atoms with E-state index in [-0.39, 0.29) is 16.4 Å². The number of esters is 1. The Morgan fingerprint density at radius 2 is 1.82 bits per heavy atom. The molecule has 2 aromatic rings. The first-order chi connectivity index (χ1) is 13.5. The van der Waals surface area contributed by atoms with Crippen molar-refractivity contribution in [3.05, 3.63) is 65.2 Å². The summed E-state index contributed by atoms with van der Waals surface area (Å²) >= 11 is 0. The second-order valence-corrected chi connectivity index (χ2v) is 8.39. The van der Waals surface area contributed by atoms with Gasteiger partial charge in [0, 0.05) is 32.7 Å². The van der Waals surface area contributed by atoms with Crippen molar-refractivity contribution in [2.45, 2.75) is 11.4 Å². The zero-order valence-electron chi connectivity index (χ0n) is 15.5. The lowest BCUT2D eigenvalue weighted by Gasteiger charge is -2.34. The van der Waals surface area contributed by atoms with Gasteiger partial charge in [0.1, 0.15) is 6.07 Å². The fourth-order valence-electron chi connectivity index (χ4n) is 3.22. The summed E-state index contributed by atoms with van der Waals surface area (Å²) < 4.78 is 31.9. The maximum atomic E-state index is 12.9. The molecule has 0 unspecified atom stereocenters. The van der Waals surface area contributed by atoms with Gasteiger partial charge in [0.15, 0.2) is 0 Å². The molecule has 0 aromatic heterocycles. The molecule has 0 amide bonds. The summed E-state index contributed by atoms with van der Waals surface area (Å²) in [6.45, 7) is 2.44. The quantitative estimate of drug-likeness (QED) is 0.713. The van der Waals surface area contributed by atoms with Crippen molar-refractivity contribution in [2.24, 2.45) is 0 Å². The number of rotatable bonds is 5. The third-order valence-corrected chi connectivity index (χ3v) is 6.67. The first-order valence-electron chi connectivity index (χ1n) is 8.84. The van der Waals surface area contributed by atoms with Crippen LogP contribution in [0.3, 0.4) is 0 Å². The van der Waals surface area contributed by atoms with Crippen LogP contribution in [0.25, 0.3) is 0 Å². The van der Waals surface area contributed by atoms with Gasteiger partial charge in [-0.3, -0.25) is 4.90 Å². The van der Waals surface area contributed by atoms with Crippen LogP contribution in [0.5, 0.6) is 0 Å². The molecule has 2 aromatic carbocycles. The molecule has 1 saturated heterocycles. The lowest BCUT2D eigenvalue weighted by atomic mass is 10.1. The molecule has 7 nitrogen and oxygen atoms in total. The largest absolute Gasteiger partial charge is 0.465 e. The van der Waals surface area contributed by atoms with Gasteiger partial charge in [0.2, 0.25) is 10.0 Å². The van der Waals surface area contributed by atoms with Crippen LogP contribution >= 0.6 is 0 Å². The average molecular weight is 399 g/mol. The SMILES string of the molecule is COC(=O)c1cccc(CN2CCN(S(=O)(=O)c3ccccc3C#N)CC2)c1. The molecular formula is C20H21N3O4S. The Labute approximate surface area is 164 Å². The Kier molecular flexibility index (Phi) is 6.09. The molecule has 1 aliphatic heterocycles. The second kappa shape index (κ2) is 8.52. The van der Waals surface area contributed by atoms with Gasteiger partial charge in [0.05, 0.1) is 23.1 Å². The molecule has 1 heterocycles. The van der Waals surface area contributed by atoms with E-state index in [4.69, 9.17) is 4.74 Å². The molecule has 0 spiro atoms. The van der Waals surface area contributed by atoms with E-state index >= 15 is 0 Å². The molecule has 0 radical (unpaired) electrons. The van der Waals surface area contributed by atoms with E-state index in [9.17, 15) is 18.5 Å². The number of piperazine rings is 1. The summed E-state index contributed by atoms with van der Waals surface area (Å²) in [6, 6.07) is 15.4. The topological polar surface area (TPSA) is 90.7 Å². The number of carbonyl (C=O) groups excluding carboxylic acids is 1. The standard InChI is InChI=1S/C20H21N3O4S/c1-27-20(24)17-7-4-5-16(13-17)15-22-9-11-23(12-10-22)28(25,26)19-8-3-2-6-18(19)14-21/h2-8,13H,9-12,15H2,1H3. The highest BCUT2D eigenvalue weighted by Crippen LogP contribution is 2.21. The van der Waals surface area contributed by atoms with Crippen LogP contribution in [-0.4, -0.2) is 56.9 Å². The van der Waals surface area contributed by atoms with E-state index in [2.05, 4.69) is 4.90 Å². The summed E-state index contributed by atoms with van der Waals surface area (Å²) in [5.74, 6) is -0.381. The fraction of sp³-hybridized carbons (Fsp3) is 0.300. The molecular weight excluding hydrogens is 378 g/mol. The van der Waals surface area contributed by atoms with Crippen LogP contribution in [0, 0.1) is 11.3 Å². The van der Waals surface area contributed by atoms with Crippen LogP contribution in [0.1, 0.15) is 21.5 Å². The maximum absolute atomic E-state index is 12.9. The van der Waals surface area contributed by atoms with Crippen molar-refractivity contribution in [2.75, 3.05) is 33.3 Å². The minimum absolute atomic E-state index is 0.0525. The normalized spacial score (nSPS) is 15.7. The highest BCUT2D eigenvalue weighted by molar-refractivity contribution is 7.89. The van der Waals surface area contributed by atoms with Crippen molar-refractivity contribution in [1.82, 2.24) is 9.21 Å². The van der Waals surface area contributed by atoms with Crippen LogP contribution in [0.2, 0.25) is 0 Å². The summed E-state index contributed by atoms with van der Waals surface area (Å²) in [6.07, 6.45) is 0. The lowest BCUT2D eigenvalue weighted by molar-refractivity contribution is 0.0600. The number of sulfonamides is 1. The Morgan fingerprint density at radius 3 is 2.50 bits per heavy atom. The Balaban J connectivity index is 1.66. The number of ether oxygens (including phenoxy) is 1. The molecule has 0 aliphatic carbocycles. The second-order valence-electron chi connectivity index (χ2n) is 6.48. The monoisotopic (exact) mass is 399 g/mol. The zero-order valence-corrected chi connectivity index (χ0v) is 16.4. The number of methoxy groups -OCH3 is 1. The lowest BCUT2D eigenvalue weighted by Crippen LogP contribution is -2.48. The van der Waals surface area contributed by atoms with Crippen LogP contribution in [0.15, 0.2) is 53.4 Å². The highest BCUT2D eigenvalue weighted by Gasteiger charge is 2.30. The zero-order chi connectivity index (χ0) is 20.1. The molecule has 8 heteroatoms. The maximum Gasteiger partial charge on any atom is 0.337 e. The molecule has 28 heavy (non-hydrogen) atoms. The summed E-state index contributed by atoms with van der Waals surface area (Å²) in [7, 11) is -2.35. The van der Waals surface area contributed by atoms with Crippen molar-refractivity contribution < 1.29 is 17.9 Å². The Bertz CT molecular complexity index is 1010. The Hall–Kier alpha value is -2.73. The minimum Gasteiger partial charge on any atom is -0.465 e. The summed E-state index contributed by atoms with van der Waals surface area (Å²) in [5.41, 5.74) is 1.62. The van der Waals surface area contributed by atoms with E-state index < -0.39 is 10.0 Å². The molecule has 3 rings (SSSR count). The molecule has 146 valence electrons. The molecule has 1 aliphatic rings.